The van der Waals surface area contributed by atoms with Crippen molar-refractivity contribution in [2.45, 2.75) is 20.3 Å². The van der Waals surface area contributed by atoms with E-state index in [-0.39, 0.29) is 12.5 Å². The molecular formula is C16H22BrNO5. The highest BCUT2D eigenvalue weighted by molar-refractivity contribution is 9.10. The van der Waals surface area contributed by atoms with Gasteiger partial charge in [0.05, 0.1) is 24.1 Å². The number of carboxylic acids is 1. The van der Waals surface area contributed by atoms with Gasteiger partial charge in [0, 0.05) is 19.2 Å². The predicted octanol–water partition coefficient (Wildman–Crippen LogP) is 3.04. The lowest BCUT2D eigenvalue weighted by Gasteiger charge is -2.20. The molecule has 0 fully saturated rings. The van der Waals surface area contributed by atoms with Gasteiger partial charge in [0.25, 0.3) is 5.91 Å². The number of carbonyl (C=O) groups excluding carboxylic acids is 1. The summed E-state index contributed by atoms with van der Waals surface area (Å²) in [6, 6.07) is 3.25. The number of hydrogen-bond acceptors (Lipinski definition) is 4. The van der Waals surface area contributed by atoms with E-state index >= 15 is 0 Å². The van der Waals surface area contributed by atoms with Crippen LogP contribution in [-0.4, -0.2) is 49.2 Å². The second kappa shape index (κ2) is 8.76. The highest BCUT2D eigenvalue weighted by Crippen LogP contribution is 2.37. The first-order valence-corrected chi connectivity index (χ1v) is 8.09. The Balaban J connectivity index is 3.01. The van der Waals surface area contributed by atoms with Gasteiger partial charge < -0.3 is 19.5 Å². The predicted molar refractivity (Wildman–Crippen MR) is 90.2 cm³/mol. The number of halogens is 1. The van der Waals surface area contributed by atoms with Gasteiger partial charge >= 0.3 is 5.97 Å². The summed E-state index contributed by atoms with van der Waals surface area (Å²) in [5.41, 5.74) is 0.401. The molecule has 1 aromatic carbocycles. The zero-order valence-electron chi connectivity index (χ0n) is 13.8. The fourth-order valence-electron chi connectivity index (χ4n) is 1.98. The number of ether oxygens (including phenoxy) is 2. The van der Waals surface area contributed by atoms with Gasteiger partial charge in [-0.25, -0.2) is 0 Å². The van der Waals surface area contributed by atoms with Crippen molar-refractivity contribution >= 4 is 27.8 Å². The molecule has 1 atom stereocenters. The molecule has 23 heavy (non-hydrogen) atoms. The van der Waals surface area contributed by atoms with E-state index in [4.69, 9.17) is 14.6 Å². The first kappa shape index (κ1) is 19.3. The number of carbonyl (C=O) groups is 2. The molecule has 6 nitrogen and oxygen atoms in total. The summed E-state index contributed by atoms with van der Waals surface area (Å²) in [7, 11) is 3.08. The SMILES string of the molecule is CCCOc1c(Br)cc(C(=O)N(C)CC(C)C(=O)O)cc1OC. The number of methoxy groups -OCH3 is 1. The molecule has 0 aliphatic heterocycles. The molecule has 0 spiro atoms. The average Bonchev–Trinajstić information content (AvgIpc) is 2.51. The Morgan fingerprint density at radius 1 is 1.39 bits per heavy atom. The molecule has 128 valence electrons. The average molecular weight is 388 g/mol. The fourth-order valence-corrected chi connectivity index (χ4v) is 2.54. The van der Waals surface area contributed by atoms with Crippen LogP contribution in [-0.2, 0) is 4.79 Å². The Kier molecular flexibility index (Phi) is 7.35. The lowest BCUT2D eigenvalue weighted by Crippen LogP contribution is -2.33. The van der Waals surface area contributed by atoms with E-state index in [1.54, 1.807) is 26.1 Å². The van der Waals surface area contributed by atoms with Crippen LogP contribution in [0.25, 0.3) is 0 Å². The number of aliphatic carboxylic acids is 1. The van der Waals surface area contributed by atoms with Crippen LogP contribution in [0.4, 0.5) is 0 Å². The van der Waals surface area contributed by atoms with Crippen LogP contribution in [0.5, 0.6) is 11.5 Å². The third-order valence-electron chi connectivity index (χ3n) is 3.24. The van der Waals surface area contributed by atoms with Crippen molar-refractivity contribution in [2.75, 3.05) is 27.3 Å². The molecule has 0 heterocycles. The molecular weight excluding hydrogens is 366 g/mol. The van der Waals surface area contributed by atoms with Crippen LogP contribution in [0.1, 0.15) is 30.6 Å². The van der Waals surface area contributed by atoms with Crippen molar-refractivity contribution in [3.8, 4) is 11.5 Å². The van der Waals surface area contributed by atoms with E-state index in [9.17, 15) is 9.59 Å². The van der Waals surface area contributed by atoms with Crippen molar-refractivity contribution in [3.05, 3.63) is 22.2 Å². The summed E-state index contributed by atoms with van der Waals surface area (Å²) in [4.78, 5) is 24.8. The van der Waals surface area contributed by atoms with E-state index in [1.165, 1.54) is 12.0 Å². The van der Waals surface area contributed by atoms with E-state index in [0.29, 0.717) is 28.1 Å². The highest BCUT2D eigenvalue weighted by atomic mass is 79.9. The third-order valence-corrected chi connectivity index (χ3v) is 3.83. The molecule has 0 bridgehead atoms. The molecule has 0 aromatic heterocycles. The van der Waals surface area contributed by atoms with Crippen LogP contribution in [0.3, 0.4) is 0 Å². The Labute approximate surface area is 144 Å². The van der Waals surface area contributed by atoms with E-state index < -0.39 is 11.9 Å². The summed E-state index contributed by atoms with van der Waals surface area (Å²) in [6.45, 7) is 4.22. The van der Waals surface area contributed by atoms with Gasteiger partial charge in [-0.15, -0.1) is 0 Å². The van der Waals surface area contributed by atoms with Crippen LogP contribution in [0.15, 0.2) is 16.6 Å². The van der Waals surface area contributed by atoms with Crippen LogP contribution >= 0.6 is 15.9 Å². The van der Waals surface area contributed by atoms with Gasteiger partial charge in [0.1, 0.15) is 0 Å². The zero-order chi connectivity index (χ0) is 17.6. The molecule has 0 saturated carbocycles. The number of carboxylic acid groups (broad SMARTS) is 1. The van der Waals surface area contributed by atoms with Gasteiger partial charge in [-0.3, -0.25) is 9.59 Å². The normalized spacial score (nSPS) is 11.7. The maximum atomic E-state index is 12.5. The van der Waals surface area contributed by atoms with Gasteiger partial charge in [-0.1, -0.05) is 13.8 Å². The molecule has 1 aromatic rings. The smallest absolute Gasteiger partial charge is 0.308 e. The van der Waals surface area contributed by atoms with Gasteiger partial charge in [-0.05, 0) is 34.5 Å². The summed E-state index contributed by atoms with van der Waals surface area (Å²) in [5.74, 6) is -0.851. The molecule has 1 amide bonds. The maximum absolute atomic E-state index is 12.5. The number of nitrogens with zero attached hydrogens (tertiary/aromatic N) is 1. The largest absolute Gasteiger partial charge is 0.493 e. The van der Waals surface area contributed by atoms with Crippen molar-refractivity contribution in [2.24, 2.45) is 5.92 Å². The minimum atomic E-state index is -0.938. The molecule has 1 rings (SSSR count). The van der Waals surface area contributed by atoms with Crippen molar-refractivity contribution < 1.29 is 24.2 Å². The molecule has 1 N–H and O–H groups in total. The lowest BCUT2D eigenvalue weighted by atomic mass is 10.1. The topological polar surface area (TPSA) is 76.1 Å². The van der Waals surface area contributed by atoms with E-state index in [1.807, 2.05) is 6.92 Å². The van der Waals surface area contributed by atoms with E-state index in [2.05, 4.69) is 15.9 Å². The summed E-state index contributed by atoms with van der Waals surface area (Å²) in [5, 5.41) is 8.95. The molecule has 0 saturated heterocycles. The van der Waals surface area contributed by atoms with Crippen LogP contribution in [0, 0.1) is 5.92 Å². The van der Waals surface area contributed by atoms with Gasteiger partial charge in [0.2, 0.25) is 0 Å². The number of rotatable bonds is 8. The van der Waals surface area contributed by atoms with Crippen LogP contribution in [0.2, 0.25) is 0 Å². The van der Waals surface area contributed by atoms with Crippen molar-refractivity contribution in [1.82, 2.24) is 4.90 Å². The Morgan fingerprint density at radius 3 is 2.57 bits per heavy atom. The first-order valence-electron chi connectivity index (χ1n) is 7.30. The quantitative estimate of drug-likeness (QED) is 0.741. The number of hydrogen-bond donors (Lipinski definition) is 1. The molecule has 0 aliphatic carbocycles. The van der Waals surface area contributed by atoms with Crippen molar-refractivity contribution in [3.63, 3.8) is 0 Å². The molecule has 0 aliphatic rings. The van der Waals surface area contributed by atoms with E-state index in [0.717, 1.165) is 6.42 Å². The standard InChI is InChI=1S/C16H22BrNO5/c1-5-6-23-14-12(17)7-11(8-13(14)22-4)15(19)18(3)9-10(2)16(20)21/h7-8,10H,5-6,9H2,1-4H3,(H,20,21). The molecule has 1 unspecified atom stereocenters. The minimum Gasteiger partial charge on any atom is -0.493 e. The maximum Gasteiger partial charge on any atom is 0.308 e. The molecule has 7 heteroatoms. The second-order valence-corrected chi connectivity index (χ2v) is 6.12. The fraction of sp³-hybridized carbons (Fsp3) is 0.500. The summed E-state index contributed by atoms with van der Waals surface area (Å²) < 4.78 is 11.5. The second-order valence-electron chi connectivity index (χ2n) is 5.26. The zero-order valence-corrected chi connectivity index (χ0v) is 15.3. The van der Waals surface area contributed by atoms with Crippen molar-refractivity contribution in [1.29, 1.82) is 0 Å². The monoisotopic (exact) mass is 387 g/mol. The Bertz CT molecular complexity index is 576. The van der Waals surface area contributed by atoms with Crippen LogP contribution < -0.4 is 9.47 Å². The van der Waals surface area contributed by atoms with Gasteiger partial charge in [0.15, 0.2) is 11.5 Å². The highest BCUT2D eigenvalue weighted by Gasteiger charge is 2.21. The minimum absolute atomic E-state index is 0.127. The summed E-state index contributed by atoms with van der Waals surface area (Å²) in [6.07, 6.45) is 0.853. The Morgan fingerprint density at radius 2 is 2.04 bits per heavy atom. The molecule has 0 radical (unpaired) electrons. The third kappa shape index (κ3) is 5.13. The number of benzene rings is 1. The Hall–Kier alpha value is -1.76. The number of amides is 1. The lowest BCUT2D eigenvalue weighted by molar-refractivity contribution is -0.141. The van der Waals surface area contributed by atoms with Gasteiger partial charge in [-0.2, -0.15) is 0 Å². The first-order chi connectivity index (χ1) is 10.8. The summed E-state index contributed by atoms with van der Waals surface area (Å²) >= 11 is 3.39.